The third-order valence-corrected chi connectivity index (χ3v) is 4.17. The fourth-order valence-electron chi connectivity index (χ4n) is 2.95. The van der Waals surface area contributed by atoms with Gasteiger partial charge in [-0.25, -0.2) is 4.68 Å². The van der Waals surface area contributed by atoms with Gasteiger partial charge in [0.1, 0.15) is 5.69 Å². The molecule has 0 aliphatic heterocycles. The zero-order chi connectivity index (χ0) is 15.5. The van der Waals surface area contributed by atoms with E-state index in [4.69, 9.17) is 5.73 Å². The molecule has 1 aliphatic rings. The molecular weight excluding hydrogens is 276 g/mol. The summed E-state index contributed by atoms with van der Waals surface area (Å²) in [5.74, 6) is -0.0649. The molecule has 1 aromatic heterocycles. The van der Waals surface area contributed by atoms with Crippen LogP contribution < -0.4 is 11.1 Å². The van der Waals surface area contributed by atoms with Crippen molar-refractivity contribution in [1.82, 2.24) is 15.1 Å². The number of para-hydroxylation sites is 1. The molecule has 0 bridgehead atoms. The van der Waals surface area contributed by atoms with Crippen molar-refractivity contribution < 1.29 is 4.79 Å². The summed E-state index contributed by atoms with van der Waals surface area (Å²) in [5, 5.41) is 7.57. The zero-order valence-electron chi connectivity index (χ0n) is 12.8. The number of carbonyl (C=O) groups excluding carboxylic acids is 1. The lowest BCUT2D eigenvalue weighted by Crippen LogP contribution is -2.41. The number of nitrogens with one attached hydrogen (secondary N) is 1. The highest BCUT2D eigenvalue weighted by molar-refractivity contribution is 5.93. The first-order valence-corrected chi connectivity index (χ1v) is 7.82. The van der Waals surface area contributed by atoms with Crippen molar-refractivity contribution in [1.29, 1.82) is 0 Å². The fraction of sp³-hybridized carbons (Fsp3) is 0.412. The van der Waals surface area contributed by atoms with E-state index in [0.29, 0.717) is 5.69 Å². The van der Waals surface area contributed by atoms with Crippen LogP contribution in [-0.2, 0) is 0 Å². The molecule has 1 amide bonds. The van der Waals surface area contributed by atoms with Gasteiger partial charge < -0.3 is 11.1 Å². The molecule has 1 heterocycles. The van der Waals surface area contributed by atoms with E-state index in [1.165, 1.54) is 0 Å². The number of carbonyl (C=O) groups is 1. The van der Waals surface area contributed by atoms with Crippen molar-refractivity contribution >= 4 is 5.91 Å². The molecule has 5 heteroatoms. The van der Waals surface area contributed by atoms with E-state index < -0.39 is 0 Å². The van der Waals surface area contributed by atoms with Gasteiger partial charge in [-0.3, -0.25) is 4.79 Å². The molecule has 0 atom stereocenters. The third-order valence-electron chi connectivity index (χ3n) is 4.17. The Morgan fingerprint density at radius 2 is 1.91 bits per heavy atom. The maximum atomic E-state index is 12.6. The summed E-state index contributed by atoms with van der Waals surface area (Å²) in [6.07, 6.45) is 3.85. The van der Waals surface area contributed by atoms with E-state index >= 15 is 0 Å². The number of hydrogen-bond donors (Lipinski definition) is 2. The number of hydrogen-bond acceptors (Lipinski definition) is 3. The molecule has 0 radical (unpaired) electrons. The molecule has 3 N–H and O–H groups in total. The second kappa shape index (κ2) is 6.32. The summed E-state index contributed by atoms with van der Waals surface area (Å²) in [6, 6.07) is 12.1. The Hall–Kier alpha value is -2.14. The largest absolute Gasteiger partial charge is 0.348 e. The highest BCUT2D eigenvalue weighted by Gasteiger charge is 2.22. The third kappa shape index (κ3) is 3.20. The van der Waals surface area contributed by atoms with Gasteiger partial charge in [0.25, 0.3) is 5.91 Å². The maximum Gasteiger partial charge on any atom is 0.270 e. The smallest absolute Gasteiger partial charge is 0.270 e. The van der Waals surface area contributed by atoms with Crippen LogP contribution >= 0.6 is 0 Å². The molecule has 1 aliphatic carbocycles. The minimum Gasteiger partial charge on any atom is -0.348 e. The van der Waals surface area contributed by atoms with Crippen LogP contribution in [0, 0.1) is 6.92 Å². The first kappa shape index (κ1) is 14.8. The highest BCUT2D eigenvalue weighted by Crippen LogP contribution is 2.18. The minimum atomic E-state index is -0.0649. The number of rotatable bonds is 3. The Balaban J connectivity index is 1.78. The van der Waals surface area contributed by atoms with Gasteiger partial charge in [-0.1, -0.05) is 18.2 Å². The summed E-state index contributed by atoms with van der Waals surface area (Å²) >= 11 is 0. The van der Waals surface area contributed by atoms with Gasteiger partial charge in [0, 0.05) is 12.1 Å². The van der Waals surface area contributed by atoms with E-state index in [2.05, 4.69) is 10.4 Å². The number of amides is 1. The number of benzene rings is 1. The summed E-state index contributed by atoms with van der Waals surface area (Å²) < 4.78 is 1.71. The van der Waals surface area contributed by atoms with Crippen LogP contribution in [-0.4, -0.2) is 27.8 Å². The highest BCUT2D eigenvalue weighted by atomic mass is 16.2. The quantitative estimate of drug-likeness (QED) is 0.912. The normalized spacial score (nSPS) is 21.5. The van der Waals surface area contributed by atoms with E-state index in [0.717, 1.165) is 37.1 Å². The molecule has 0 saturated heterocycles. The molecular formula is C17H22N4O. The van der Waals surface area contributed by atoms with Crippen LogP contribution in [0.3, 0.4) is 0 Å². The average molecular weight is 298 g/mol. The van der Waals surface area contributed by atoms with Crippen LogP contribution in [0.5, 0.6) is 0 Å². The van der Waals surface area contributed by atoms with E-state index in [1.54, 1.807) is 4.68 Å². The molecule has 1 fully saturated rings. The topological polar surface area (TPSA) is 72.9 Å². The predicted octanol–water partition coefficient (Wildman–Crippen LogP) is 2.18. The standard InChI is InChI=1S/C17H22N4O/c1-12-11-16(21(20-12)15-5-3-2-4-6-15)17(22)19-14-9-7-13(18)8-10-14/h2-6,11,13-14H,7-10,18H2,1H3,(H,19,22)/t13-,14-. The van der Waals surface area contributed by atoms with Crippen LogP contribution in [0.15, 0.2) is 36.4 Å². The van der Waals surface area contributed by atoms with Crippen LogP contribution in [0.1, 0.15) is 41.9 Å². The summed E-state index contributed by atoms with van der Waals surface area (Å²) in [6.45, 7) is 1.90. The number of nitrogens with two attached hydrogens (primary N) is 1. The zero-order valence-corrected chi connectivity index (χ0v) is 12.8. The predicted molar refractivity (Wildman–Crippen MR) is 86.0 cm³/mol. The van der Waals surface area contributed by atoms with Crippen molar-refractivity contribution in [3.05, 3.63) is 47.8 Å². The van der Waals surface area contributed by atoms with Crippen LogP contribution in [0.25, 0.3) is 5.69 Å². The van der Waals surface area contributed by atoms with E-state index in [9.17, 15) is 4.79 Å². The maximum absolute atomic E-state index is 12.6. The molecule has 22 heavy (non-hydrogen) atoms. The van der Waals surface area contributed by atoms with Crippen LogP contribution in [0.2, 0.25) is 0 Å². The van der Waals surface area contributed by atoms with Crippen molar-refractivity contribution in [3.8, 4) is 5.69 Å². The first-order valence-electron chi connectivity index (χ1n) is 7.82. The number of aromatic nitrogens is 2. The Labute approximate surface area is 130 Å². The summed E-state index contributed by atoms with van der Waals surface area (Å²) in [4.78, 5) is 12.6. The van der Waals surface area contributed by atoms with Crippen LogP contribution in [0.4, 0.5) is 0 Å². The molecule has 0 unspecified atom stereocenters. The molecule has 1 aromatic carbocycles. The van der Waals surface area contributed by atoms with Crippen molar-refractivity contribution in [2.75, 3.05) is 0 Å². The second-order valence-corrected chi connectivity index (χ2v) is 6.00. The second-order valence-electron chi connectivity index (χ2n) is 6.00. The molecule has 116 valence electrons. The Kier molecular flexibility index (Phi) is 4.24. The van der Waals surface area contributed by atoms with E-state index in [1.807, 2.05) is 43.3 Å². The lowest BCUT2D eigenvalue weighted by atomic mass is 9.92. The number of nitrogens with zero attached hydrogens (tertiary/aromatic N) is 2. The SMILES string of the molecule is Cc1cc(C(=O)N[C@H]2CC[C@H](N)CC2)n(-c2ccccc2)n1. The Bertz CT molecular complexity index is 642. The lowest BCUT2D eigenvalue weighted by Gasteiger charge is -2.26. The summed E-state index contributed by atoms with van der Waals surface area (Å²) in [5.41, 5.74) is 8.23. The summed E-state index contributed by atoms with van der Waals surface area (Å²) in [7, 11) is 0. The van der Waals surface area contributed by atoms with Crippen molar-refractivity contribution in [2.24, 2.45) is 5.73 Å². The molecule has 0 spiro atoms. The molecule has 3 rings (SSSR count). The molecule has 1 saturated carbocycles. The van der Waals surface area contributed by atoms with Gasteiger partial charge in [-0.2, -0.15) is 5.10 Å². The van der Waals surface area contributed by atoms with Gasteiger partial charge in [0.15, 0.2) is 0 Å². The minimum absolute atomic E-state index is 0.0649. The fourth-order valence-corrected chi connectivity index (χ4v) is 2.95. The van der Waals surface area contributed by atoms with Gasteiger partial charge >= 0.3 is 0 Å². The van der Waals surface area contributed by atoms with Gasteiger partial charge in [0.2, 0.25) is 0 Å². The Morgan fingerprint density at radius 3 is 2.59 bits per heavy atom. The molecule has 2 aromatic rings. The van der Waals surface area contributed by atoms with Gasteiger partial charge in [-0.05, 0) is 50.8 Å². The number of aryl methyl sites for hydroxylation is 1. The van der Waals surface area contributed by atoms with Gasteiger partial charge in [0.05, 0.1) is 11.4 Å². The monoisotopic (exact) mass is 298 g/mol. The lowest BCUT2D eigenvalue weighted by molar-refractivity contribution is 0.0918. The van der Waals surface area contributed by atoms with Crippen molar-refractivity contribution in [3.63, 3.8) is 0 Å². The Morgan fingerprint density at radius 1 is 1.23 bits per heavy atom. The molecule has 5 nitrogen and oxygen atoms in total. The van der Waals surface area contributed by atoms with E-state index in [-0.39, 0.29) is 18.0 Å². The van der Waals surface area contributed by atoms with Crippen molar-refractivity contribution in [2.45, 2.75) is 44.7 Å². The van der Waals surface area contributed by atoms with Gasteiger partial charge in [-0.15, -0.1) is 0 Å². The average Bonchev–Trinajstić information content (AvgIpc) is 2.92. The first-order chi connectivity index (χ1) is 10.6.